The first-order valence-corrected chi connectivity index (χ1v) is 12.6. The summed E-state index contributed by atoms with van der Waals surface area (Å²) in [6.07, 6.45) is -0.0835. The summed E-state index contributed by atoms with van der Waals surface area (Å²) >= 11 is 1.29. The number of rotatable bonds is 3. The van der Waals surface area contributed by atoms with Gasteiger partial charge in [-0.15, -0.1) is 11.3 Å². The van der Waals surface area contributed by atoms with Gasteiger partial charge in [-0.25, -0.2) is 9.59 Å². The highest BCUT2D eigenvalue weighted by molar-refractivity contribution is 7.16. The number of amides is 2. The summed E-state index contributed by atoms with van der Waals surface area (Å²) in [5.41, 5.74) is 7.74. The van der Waals surface area contributed by atoms with Crippen LogP contribution in [-0.2, 0) is 29.0 Å². The lowest BCUT2D eigenvalue weighted by Crippen LogP contribution is -2.51. The number of anilines is 1. The van der Waals surface area contributed by atoms with Crippen LogP contribution >= 0.6 is 11.3 Å². The molecule has 2 aliphatic rings. The molecule has 3 heterocycles. The number of carbonyl (C=O) groups excluding carboxylic acids is 3. The molecule has 0 saturated carbocycles. The van der Waals surface area contributed by atoms with E-state index in [2.05, 4.69) is 0 Å². The van der Waals surface area contributed by atoms with Crippen molar-refractivity contribution < 1.29 is 23.9 Å². The Hall–Kier alpha value is -3.07. The highest BCUT2D eigenvalue weighted by Gasteiger charge is 2.40. The number of esters is 1. The molecule has 0 aliphatic carbocycles. The zero-order chi connectivity index (χ0) is 25.7. The molecule has 0 bridgehead atoms. The summed E-state index contributed by atoms with van der Waals surface area (Å²) in [5.74, 6) is -0.533. The van der Waals surface area contributed by atoms with E-state index < -0.39 is 23.3 Å². The predicted molar refractivity (Wildman–Crippen MR) is 134 cm³/mol. The van der Waals surface area contributed by atoms with Gasteiger partial charge in [0.05, 0.1) is 18.2 Å². The lowest BCUT2D eigenvalue weighted by atomic mass is 9.96. The monoisotopic (exact) mass is 499 g/mol. The van der Waals surface area contributed by atoms with Gasteiger partial charge in [0, 0.05) is 23.5 Å². The molecule has 4 rings (SSSR count). The maximum Gasteiger partial charge on any atom is 0.410 e. The third-order valence-electron chi connectivity index (χ3n) is 5.87. The van der Waals surface area contributed by atoms with Crippen molar-refractivity contribution in [3.63, 3.8) is 0 Å². The molecule has 35 heavy (non-hydrogen) atoms. The molecule has 0 radical (unpaired) electrons. The van der Waals surface area contributed by atoms with E-state index in [9.17, 15) is 14.4 Å². The Morgan fingerprint density at radius 2 is 1.71 bits per heavy atom. The molecule has 9 heteroatoms. The van der Waals surface area contributed by atoms with Crippen LogP contribution < -0.4 is 5.73 Å². The van der Waals surface area contributed by atoms with Gasteiger partial charge in [0.2, 0.25) is 0 Å². The first kappa shape index (κ1) is 25.0. The van der Waals surface area contributed by atoms with Crippen molar-refractivity contribution in [1.82, 2.24) is 9.80 Å². The van der Waals surface area contributed by atoms with Crippen molar-refractivity contribution in [3.05, 3.63) is 51.4 Å². The van der Waals surface area contributed by atoms with Crippen molar-refractivity contribution in [3.8, 4) is 0 Å². The smallest absolute Gasteiger partial charge is 0.410 e. The van der Waals surface area contributed by atoms with Crippen LogP contribution in [0.5, 0.6) is 0 Å². The zero-order valence-corrected chi connectivity index (χ0v) is 22.0. The molecule has 1 aromatic heterocycles. The average molecular weight is 500 g/mol. The molecular formula is C26H33N3O5S. The molecule has 2 aliphatic heterocycles. The molecule has 188 valence electrons. The van der Waals surface area contributed by atoms with Crippen LogP contribution in [0.1, 0.15) is 78.3 Å². The summed E-state index contributed by atoms with van der Waals surface area (Å²) in [5, 5.41) is 0.374. The maximum atomic E-state index is 13.2. The quantitative estimate of drug-likeness (QED) is 0.619. The van der Waals surface area contributed by atoms with Crippen molar-refractivity contribution in [1.29, 1.82) is 0 Å². The number of thiophene rings is 1. The Bertz CT molecular complexity index is 1170. The molecule has 2 N–H and O–H groups in total. The summed E-state index contributed by atoms with van der Waals surface area (Å²) < 4.78 is 11.3. The lowest BCUT2D eigenvalue weighted by molar-refractivity contribution is 0.00612. The molecule has 1 atom stereocenters. The molecule has 0 unspecified atom stereocenters. The second-order valence-electron chi connectivity index (χ2n) is 11.1. The van der Waals surface area contributed by atoms with Gasteiger partial charge in [-0.05, 0) is 65.2 Å². The van der Waals surface area contributed by atoms with E-state index in [0.29, 0.717) is 35.6 Å². The number of nitrogens with zero attached hydrogens (tertiary/aromatic N) is 2. The third kappa shape index (κ3) is 5.29. The predicted octanol–water partition coefficient (Wildman–Crippen LogP) is 4.60. The fraction of sp³-hybridized carbons (Fsp3) is 0.500. The molecule has 0 saturated heterocycles. The van der Waals surface area contributed by atoms with E-state index in [1.54, 1.807) is 9.80 Å². The number of nitrogen functional groups attached to an aromatic ring is 1. The highest BCUT2D eigenvalue weighted by atomic mass is 32.1. The topological polar surface area (TPSA) is 102 Å². The van der Waals surface area contributed by atoms with Crippen molar-refractivity contribution >= 4 is 34.3 Å². The number of carbonyl (C=O) groups is 3. The summed E-state index contributed by atoms with van der Waals surface area (Å²) in [7, 11) is 0. The molecule has 0 spiro atoms. The second kappa shape index (κ2) is 8.86. The number of benzene rings is 1. The number of hydrogen-bond acceptors (Lipinski definition) is 7. The maximum absolute atomic E-state index is 13.2. The zero-order valence-electron chi connectivity index (χ0n) is 21.1. The number of ether oxygens (including phenoxy) is 2. The molecule has 1 aromatic carbocycles. The van der Waals surface area contributed by atoms with Gasteiger partial charge in [0.1, 0.15) is 16.2 Å². The Morgan fingerprint density at radius 1 is 1.06 bits per heavy atom. The van der Waals surface area contributed by atoms with E-state index >= 15 is 0 Å². The first-order valence-electron chi connectivity index (χ1n) is 11.7. The standard InChI is InChI=1S/C26H33N3O5S/c1-25(2,3)33-23(31)20-18-11-16(13-28-12-15-9-7-8-10-17(15)22(28)30)29(14-19(18)35-21(20)27)24(32)34-26(4,5)6/h7-10,16H,11-14,27H2,1-6H3/t16-/m0/s1. The van der Waals surface area contributed by atoms with Crippen LogP contribution in [0.3, 0.4) is 0 Å². The van der Waals surface area contributed by atoms with Crippen molar-refractivity contribution in [2.45, 2.75) is 78.3 Å². The molecule has 0 fully saturated rings. The number of hydrogen-bond donors (Lipinski definition) is 1. The van der Waals surface area contributed by atoms with Crippen LogP contribution in [0.25, 0.3) is 0 Å². The minimum atomic E-state index is -0.669. The van der Waals surface area contributed by atoms with E-state index in [1.165, 1.54) is 11.3 Å². The Labute approximate surface area is 210 Å². The fourth-order valence-corrected chi connectivity index (χ4v) is 5.56. The van der Waals surface area contributed by atoms with Crippen LogP contribution in [0, 0.1) is 0 Å². The van der Waals surface area contributed by atoms with Gasteiger partial charge in [0.15, 0.2) is 0 Å². The molecular weight excluding hydrogens is 466 g/mol. The van der Waals surface area contributed by atoms with Gasteiger partial charge in [-0.3, -0.25) is 9.69 Å². The number of fused-ring (bicyclic) bond motifs is 2. The second-order valence-corrected chi connectivity index (χ2v) is 12.2. The van der Waals surface area contributed by atoms with Crippen LogP contribution in [-0.4, -0.2) is 51.6 Å². The number of nitrogens with two attached hydrogens (primary N) is 1. The first-order chi connectivity index (χ1) is 16.2. The largest absolute Gasteiger partial charge is 0.456 e. The summed E-state index contributed by atoms with van der Waals surface area (Å²) in [4.78, 5) is 43.5. The van der Waals surface area contributed by atoms with E-state index in [-0.39, 0.29) is 18.5 Å². The van der Waals surface area contributed by atoms with Crippen molar-refractivity contribution in [2.75, 3.05) is 12.3 Å². The molecule has 2 aromatic rings. The Balaban J connectivity index is 1.66. The summed E-state index contributed by atoms with van der Waals surface area (Å²) in [6.45, 7) is 11.9. The lowest BCUT2D eigenvalue weighted by Gasteiger charge is -2.38. The summed E-state index contributed by atoms with van der Waals surface area (Å²) in [6, 6.07) is 7.14. The van der Waals surface area contributed by atoms with Crippen LogP contribution in [0.2, 0.25) is 0 Å². The van der Waals surface area contributed by atoms with Crippen molar-refractivity contribution in [2.24, 2.45) is 0 Å². The van der Waals surface area contributed by atoms with Crippen LogP contribution in [0.4, 0.5) is 9.80 Å². The van der Waals surface area contributed by atoms with Crippen LogP contribution in [0.15, 0.2) is 24.3 Å². The van der Waals surface area contributed by atoms with Gasteiger partial charge in [-0.2, -0.15) is 0 Å². The van der Waals surface area contributed by atoms with Gasteiger partial charge in [0.25, 0.3) is 5.91 Å². The minimum Gasteiger partial charge on any atom is -0.456 e. The van der Waals surface area contributed by atoms with Gasteiger partial charge in [-0.1, -0.05) is 18.2 Å². The Kier molecular flexibility index (Phi) is 6.34. The van der Waals surface area contributed by atoms with E-state index in [1.807, 2.05) is 65.8 Å². The van der Waals surface area contributed by atoms with E-state index in [4.69, 9.17) is 15.2 Å². The highest BCUT2D eigenvalue weighted by Crippen LogP contribution is 2.39. The Morgan fingerprint density at radius 3 is 2.34 bits per heavy atom. The average Bonchev–Trinajstić information content (AvgIpc) is 3.20. The van der Waals surface area contributed by atoms with Gasteiger partial charge >= 0.3 is 12.1 Å². The molecule has 8 nitrogen and oxygen atoms in total. The minimum absolute atomic E-state index is 0.0623. The molecule has 2 amide bonds. The SMILES string of the molecule is CC(C)(C)OC(=O)c1c(N)sc2c1C[C@@H](CN1Cc3ccccc3C1=O)N(C(=O)OC(C)(C)C)C2. The fourth-order valence-electron chi connectivity index (χ4n) is 4.47. The normalized spacial score (nSPS) is 17.8. The third-order valence-corrected chi connectivity index (χ3v) is 6.92. The van der Waals surface area contributed by atoms with Gasteiger partial charge < -0.3 is 20.1 Å². The van der Waals surface area contributed by atoms with E-state index in [0.717, 1.165) is 16.0 Å².